The van der Waals surface area contributed by atoms with Gasteiger partial charge in [0.2, 0.25) is 0 Å². The molecule has 1 N–H and O–H groups in total. The van der Waals surface area contributed by atoms with E-state index in [1.54, 1.807) is 36.0 Å². The van der Waals surface area contributed by atoms with Gasteiger partial charge in [0, 0.05) is 18.0 Å². The molecule has 0 spiro atoms. The Balaban J connectivity index is 1.77. The maximum absolute atomic E-state index is 12.7. The molecular weight excluding hydrogens is 318 g/mol. The number of nitrogens with one attached hydrogen (secondary N) is 1. The van der Waals surface area contributed by atoms with E-state index < -0.39 is 0 Å². The van der Waals surface area contributed by atoms with Gasteiger partial charge < -0.3 is 10.2 Å². The molecule has 0 aliphatic carbocycles. The third kappa shape index (κ3) is 3.39. The molecule has 2 aromatic carbocycles. The van der Waals surface area contributed by atoms with Gasteiger partial charge in [0.25, 0.3) is 0 Å². The van der Waals surface area contributed by atoms with Crippen molar-refractivity contribution in [2.24, 2.45) is 0 Å². The van der Waals surface area contributed by atoms with Crippen LogP contribution < -0.4 is 5.32 Å². The normalized spacial score (nSPS) is 16.7. The first-order valence-corrected chi connectivity index (χ1v) is 8.90. The van der Waals surface area contributed by atoms with Crippen LogP contribution >= 0.6 is 11.8 Å². The van der Waals surface area contributed by atoms with E-state index in [9.17, 15) is 4.79 Å². The highest BCUT2D eigenvalue weighted by molar-refractivity contribution is 7.99. The number of nitrogens with zero attached hydrogens (tertiary/aromatic N) is 2. The first-order valence-electron chi connectivity index (χ1n) is 7.85. The summed E-state index contributed by atoms with van der Waals surface area (Å²) < 4.78 is 0. The number of anilines is 1. The summed E-state index contributed by atoms with van der Waals surface area (Å²) in [5.74, 6) is 0.929. The maximum atomic E-state index is 12.7. The quantitative estimate of drug-likeness (QED) is 0.880. The van der Waals surface area contributed by atoms with Gasteiger partial charge in [0.1, 0.15) is 5.37 Å². The van der Waals surface area contributed by atoms with Crippen molar-refractivity contribution in [3.63, 3.8) is 0 Å². The largest absolute Gasteiger partial charge is 0.323 e. The second kappa shape index (κ2) is 6.98. The fourth-order valence-electron chi connectivity index (χ4n) is 2.86. The predicted octanol–water partition coefficient (Wildman–Crippen LogP) is 4.45. The van der Waals surface area contributed by atoms with E-state index in [1.807, 2.05) is 4.90 Å². The summed E-state index contributed by atoms with van der Waals surface area (Å²) in [6.45, 7) is 4.90. The standard InChI is InChI=1S/C19H19N3OS/c1-13-3-8-17(14(2)11-13)18-22(9-10-24-18)19(23)21-16-6-4-15(12-20)5-7-16/h3-8,11,18H,9-10H2,1-2H3,(H,21,23). The number of carbonyl (C=O) groups excluding carboxylic acids is 1. The highest BCUT2D eigenvalue weighted by Gasteiger charge is 2.31. The second-order valence-corrected chi connectivity index (χ2v) is 7.08. The van der Waals surface area contributed by atoms with Gasteiger partial charge in [-0.3, -0.25) is 0 Å². The highest BCUT2D eigenvalue weighted by atomic mass is 32.2. The molecule has 1 atom stereocenters. The number of hydrogen-bond donors (Lipinski definition) is 1. The van der Waals surface area contributed by atoms with Crippen LogP contribution in [0.1, 0.15) is 27.6 Å². The smallest absolute Gasteiger partial charge is 0.308 e. The number of carbonyl (C=O) groups is 1. The van der Waals surface area contributed by atoms with Crippen molar-refractivity contribution < 1.29 is 4.79 Å². The van der Waals surface area contributed by atoms with Crippen molar-refractivity contribution >= 4 is 23.5 Å². The molecule has 2 amide bonds. The summed E-state index contributed by atoms with van der Waals surface area (Å²) in [5, 5.41) is 11.8. The van der Waals surface area contributed by atoms with Crippen molar-refractivity contribution in [1.82, 2.24) is 4.90 Å². The Hall–Kier alpha value is -2.45. The SMILES string of the molecule is Cc1ccc(C2SCCN2C(=O)Nc2ccc(C#N)cc2)c(C)c1. The molecule has 5 heteroatoms. The summed E-state index contributed by atoms with van der Waals surface area (Å²) in [4.78, 5) is 14.5. The molecular formula is C19H19N3OS. The van der Waals surface area contributed by atoms with Crippen molar-refractivity contribution in [2.75, 3.05) is 17.6 Å². The lowest BCUT2D eigenvalue weighted by Crippen LogP contribution is -2.34. The summed E-state index contributed by atoms with van der Waals surface area (Å²) >= 11 is 1.79. The minimum Gasteiger partial charge on any atom is -0.308 e. The molecule has 1 saturated heterocycles. The number of benzene rings is 2. The summed E-state index contributed by atoms with van der Waals surface area (Å²) in [7, 11) is 0. The van der Waals surface area contributed by atoms with Crippen molar-refractivity contribution in [1.29, 1.82) is 5.26 Å². The molecule has 3 rings (SSSR count). The molecule has 4 nitrogen and oxygen atoms in total. The Morgan fingerprint density at radius 3 is 2.67 bits per heavy atom. The third-order valence-corrected chi connectivity index (χ3v) is 5.35. The average Bonchev–Trinajstić information content (AvgIpc) is 3.05. The Labute approximate surface area is 146 Å². The molecule has 1 aliphatic heterocycles. The molecule has 0 bridgehead atoms. The van der Waals surface area contributed by atoms with E-state index in [-0.39, 0.29) is 11.4 Å². The van der Waals surface area contributed by atoms with Crippen LogP contribution in [-0.4, -0.2) is 23.2 Å². The number of nitriles is 1. The zero-order valence-electron chi connectivity index (χ0n) is 13.7. The van der Waals surface area contributed by atoms with Gasteiger partial charge in [-0.05, 0) is 49.2 Å². The van der Waals surface area contributed by atoms with Gasteiger partial charge in [-0.15, -0.1) is 11.8 Å². The summed E-state index contributed by atoms with van der Waals surface area (Å²) in [6, 6.07) is 15.3. The van der Waals surface area contributed by atoms with Crippen LogP contribution in [0.2, 0.25) is 0 Å². The van der Waals surface area contributed by atoms with E-state index in [0.29, 0.717) is 11.3 Å². The van der Waals surface area contributed by atoms with Crippen LogP contribution in [0.3, 0.4) is 0 Å². The maximum Gasteiger partial charge on any atom is 0.323 e. The van der Waals surface area contributed by atoms with Gasteiger partial charge in [-0.1, -0.05) is 23.8 Å². The number of hydrogen-bond acceptors (Lipinski definition) is 3. The van der Waals surface area contributed by atoms with Gasteiger partial charge in [-0.25, -0.2) is 4.79 Å². The first-order chi connectivity index (χ1) is 11.6. The van der Waals surface area contributed by atoms with E-state index in [2.05, 4.69) is 43.4 Å². The third-order valence-electron chi connectivity index (χ3n) is 4.11. The van der Waals surface area contributed by atoms with E-state index in [0.717, 1.165) is 12.3 Å². The van der Waals surface area contributed by atoms with Gasteiger partial charge in [0.15, 0.2) is 0 Å². The number of aryl methyl sites for hydroxylation is 2. The Morgan fingerprint density at radius 1 is 1.25 bits per heavy atom. The summed E-state index contributed by atoms with van der Waals surface area (Å²) in [6.07, 6.45) is 0. The van der Waals surface area contributed by atoms with E-state index in [4.69, 9.17) is 5.26 Å². The van der Waals surface area contributed by atoms with Crippen LogP contribution in [0.25, 0.3) is 0 Å². The zero-order chi connectivity index (χ0) is 17.1. The monoisotopic (exact) mass is 337 g/mol. The van der Waals surface area contributed by atoms with Gasteiger partial charge >= 0.3 is 6.03 Å². The Kier molecular flexibility index (Phi) is 4.77. The highest BCUT2D eigenvalue weighted by Crippen LogP contribution is 2.39. The molecule has 1 aliphatic rings. The van der Waals surface area contributed by atoms with E-state index >= 15 is 0 Å². The lowest BCUT2D eigenvalue weighted by atomic mass is 10.1. The van der Waals surface area contributed by atoms with Crippen molar-refractivity contribution in [3.8, 4) is 6.07 Å². The molecule has 2 aromatic rings. The Morgan fingerprint density at radius 2 is 2.00 bits per heavy atom. The van der Waals surface area contributed by atoms with Crippen LogP contribution in [0.15, 0.2) is 42.5 Å². The lowest BCUT2D eigenvalue weighted by molar-refractivity contribution is 0.214. The lowest BCUT2D eigenvalue weighted by Gasteiger charge is -2.25. The number of thioether (sulfide) groups is 1. The number of amides is 2. The molecule has 24 heavy (non-hydrogen) atoms. The number of rotatable bonds is 2. The van der Waals surface area contributed by atoms with E-state index in [1.165, 1.54) is 16.7 Å². The minimum absolute atomic E-state index is 0.0454. The van der Waals surface area contributed by atoms with Gasteiger partial charge in [-0.2, -0.15) is 5.26 Å². The fourth-order valence-corrected chi connectivity index (χ4v) is 4.21. The van der Waals surface area contributed by atoms with Crippen LogP contribution in [0.4, 0.5) is 10.5 Å². The fraction of sp³-hybridized carbons (Fsp3) is 0.263. The number of urea groups is 1. The molecule has 1 fully saturated rings. The first kappa shape index (κ1) is 16.4. The summed E-state index contributed by atoms with van der Waals surface area (Å²) in [5.41, 5.74) is 4.92. The second-order valence-electron chi connectivity index (χ2n) is 5.90. The topological polar surface area (TPSA) is 56.1 Å². The predicted molar refractivity (Wildman–Crippen MR) is 98.0 cm³/mol. The molecule has 1 heterocycles. The molecule has 0 aromatic heterocycles. The van der Waals surface area contributed by atoms with Crippen molar-refractivity contribution in [3.05, 3.63) is 64.7 Å². The Bertz CT molecular complexity index is 795. The van der Waals surface area contributed by atoms with Crippen molar-refractivity contribution in [2.45, 2.75) is 19.2 Å². The molecule has 1 unspecified atom stereocenters. The molecule has 122 valence electrons. The zero-order valence-corrected chi connectivity index (χ0v) is 14.6. The van der Waals surface area contributed by atoms with Gasteiger partial charge in [0.05, 0.1) is 11.6 Å². The van der Waals surface area contributed by atoms with Crippen LogP contribution in [0.5, 0.6) is 0 Å². The van der Waals surface area contributed by atoms with Crippen LogP contribution in [0, 0.1) is 25.2 Å². The van der Waals surface area contributed by atoms with Crippen LogP contribution in [-0.2, 0) is 0 Å². The molecule has 0 saturated carbocycles. The molecule has 0 radical (unpaired) electrons. The minimum atomic E-state index is -0.102. The average molecular weight is 337 g/mol.